The third-order valence-electron chi connectivity index (χ3n) is 5.48. The number of hydrogen-bond acceptors (Lipinski definition) is 7. The lowest BCUT2D eigenvalue weighted by molar-refractivity contribution is 0.0897. The van der Waals surface area contributed by atoms with E-state index in [9.17, 15) is 9.90 Å². The topological polar surface area (TPSA) is 105 Å². The number of aliphatic hydroxyl groups is 1. The van der Waals surface area contributed by atoms with E-state index in [2.05, 4.69) is 20.3 Å². The molecule has 3 aromatic rings. The van der Waals surface area contributed by atoms with Crippen LogP contribution in [-0.2, 0) is 6.54 Å². The van der Waals surface area contributed by atoms with Crippen molar-refractivity contribution in [1.29, 1.82) is 0 Å². The minimum absolute atomic E-state index is 0.242. The molecular formula is C21H26N6O3. The largest absolute Gasteiger partial charge is 0.495 e. The minimum Gasteiger partial charge on any atom is -0.495 e. The molecule has 1 saturated carbocycles. The van der Waals surface area contributed by atoms with Crippen LogP contribution in [0.2, 0.25) is 0 Å². The van der Waals surface area contributed by atoms with Gasteiger partial charge in [-0.3, -0.25) is 4.79 Å². The van der Waals surface area contributed by atoms with E-state index in [-0.39, 0.29) is 12.5 Å². The Morgan fingerprint density at radius 3 is 2.77 bits per heavy atom. The van der Waals surface area contributed by atoms with E-state index in [0.717, 1.165) is 22.6 Å². The summed E-state index contributed by atoms with van der Waals surface area (Å²) in [7, 11) is 5.46. The molecule has 1 aliphatic rings. The predicted molar refractivity (Wildman–Crippen MR) is 113 cm³/mol. The quantitative estimate of drug-likeness (QED) is 0.608. The molecule has 1 fully saturated rings. The van der Waals surface area contributed by atoms with E-state index in [1.165, 1.54) is 0 Å². The molecule has 0 aliphatic heterocycles. The number of methoxy groups -OCH3 is 1. The molecule has 30 heavy (non-hydrogen) atoms. The molecule has 3 heterocycles. The number of carbonyl (C=O) groups is 1. The maximum atomic E-state index is 12.8. The minimum atomic E-state index is -0.759. The molecule has 3 aromatic heterocycles. The van der Waals surface area contributed by atoms with Crippen molar-refractivity contribution in [1.82, 2.24) is 24.8 Å². The van der Waals surface area contributed by atoms with Gasteiger partial charge in [-0.15, -0.1) is 0 Å². The van der Waals surface area contributed by atoms with Gasteiger partial charge in [0.1, 0.15) is 23.4 Å². The number of aromatic nitrogens is 4. The highest BCUT2D eigenvalue weighted by atomic mass is 16.5. The maximum absolute atomic E-state index is 12.8. The third-order valence-corrected chi connectivity index (χ3v) is 5.48. The Hall–Kier alpha value is -3.20. The second-order valence-electron chi connectivity index (χ2n) is 7.98. The summed E-state index contributed by atoms with van der Waals surface area (Å²) in [6.45, 7) is 2.68. The van der Waals surface area contributed by atoms with Gasteiger partial charge < -0.3 is 24.6 Å². The van der Waals surface area contributed by atoms with Crippen LogP contribution in [0, 0.1) is 6.92 Å². The van der Waals surface area contributed by atoms with E-state index in [1.807, 2.05) is 36.6 Å². The van der Waals surface area contributed by atoms with E-state index < -0.39 is 5.60 Å². The number of nitrogens with zero attached hydrogens (tertiary/aromatic N) is 5. The molecule has 0 saturated heterocycles. The summed E-state index contributed by atoms with van der Waals surface area (Å²) in [5.74, 6) is 1.20. The van der Waals surface area contributed by atoms with E-state index >= 15 is 0 Å². The van der Waals surface area contributed by atoms with Gasteiger partial charge >= 0.3 is 0 Å². The third kappa shape index (κ3) is 3.80. The SMILES string of the molecule is COc1cnc2c(C(=O)NCC3(O)CC3)cn(Cc3ncnc(N(C)C)c3C)c2c1. The molecule has 0 bridgehead atoms. The summed E-state index contributed by atoms with van der Waals surface area (Å²) in [6, 6.07) is 1.86. The monoisotopic (exact) mass is 410 g/mol. The summed E-state index contributed by atoms with van der Waals surface area (Å²) >= 11 is 0. The normalized spacial score (nSPS) is 14.6. The zero-order valence-electron chi connectivity index (χ0n) is 17.6. The molecule has 0 radical (unpaired) electrons. The van der Waals surface area contributed by atoms with Crippen LogP contribution in [0.3, 0.4) is 0 Å². The first-order chi connectivity index (χ1) is 14.3. The van der Waals surface area contributed by atoms with Crippen molar-refractivity contribution in [2.24, 2.45) is 0 Å². The second kappa shape index (κ2) is 7.56. The number of pyridine rings is 1. The Balaban J connectivity index is 1.72. The lowest BCUT2D eigenvalue weighted by Gasteiger charge is -2.16. The van der Waals surface area contributed by atoms with Crippen molar-refractivity contribution in [3.8, 4) is 5.75 Å². The molecule has 1 aliphatic carbocycles. The number of ether oxygens (including phenoxy) is 1. The molecule has 0 spiro atoms. The lowest BCUT2D eigenvalue weighted by Crippen LogP contribution is -2.33. The van der Waals surface area contributed by atoms with Crippen LogP contribution in [0.5, 0.6) is 5.75 Å². The fourth-order valence-corrected chi connectivity index (χ4v) is 3.46. The van der Waals surface area contributed by atoms with Crippen LogP contribution >= 0.6 is 0 Å². The predicted octanol–water partition coefficient (Wildman–Crippen LogP) is 1.51. The standard InChI is InChI=1S/C21H26N6O3/c1-13-16(24-12-25-19(13)26(2)3)10-27-9-15(20(28)23-11-21(29)5-6-21)18-17(27)7-14(30-4)8-22-18/h7-9,12,29H,5-6,10-11H2,1-4H3,(H,23,28). The molecule has 9 nitrogen and oxygen atoms in total. The Kier molecular flexibility index (Phi) is 5.07. The van der Waals surface area contributed by atoms with Crippen molar-refractivity contribution in [3.63, 3.8) is 0 Å². The summed E-state index contributed by atoms with van der Waals surface area (Å²) in [4.78, 5) is 28.0. The second-order valence-corrected chi connectivity index (χ2v) is 7.98. The van der Waals surface area contributed by atoms with Gasteiger partial charge in [-0.1, -0.05) is 0 Å². The number of nitrogens with one attached hydrogen (secondary N) is 1. The van der Waals surface area contributed by atoms with Gasteiger partial charge in [-0.05, 0) is 19.8 Å². The van der Waals surface area contributed by atoms with Gasteiger partial charge in [0.15, 0.2) is 0 Å². The van der Waals surface area contributed by atoms with Crippen molar-refractivity contribution >= 4 is 22.8 Å². The summed E-state index contributed by atoms with van der Waals surface area (Å²) < 4.78 is 7.28. The number of rotatable bonds is 7. The Morgan fingerprint density at radius 2 is 2.10 bits per heavy atom. The molecule has 1 amide bonds. The fourth-order valence-electron chi connectivity index (χ4n) is 3.46. The average Bonchev–Trinajstić information content (AvgIpc) is 3.36. The molecular weight excluding hydrogens is 384 g/mol. The number of hydrogen-bond donors (Lipinski definition) is 2. The first-order valence-corrected chi connectivity index (χ1v) is 9.82. The molecule has 0 aromatic carbocycles. The van der Waals surface area contributed by atoms with Crippen molar-refractivity contribution in [3.05, 3.63) is 41.6 Å². The highest BCUT2D eigenvalue weighted by Crippen LogP contribution is 2.34. The zero-order chi connectivity index (χ0) is 21.5. The Bertz CT molecular complexity index is 1100. The summed E-state index contributed by atoms with van der Waals surface area (Å²) in [6.07, 6.45) is 6.35. The molecule has 0 atom stereocenters. The van der Waals surface area contributed by atoms with Gasteiger partial charge in [0.05, 0.1) is 42.2 Å². The lowest BCUT2D eigenvalue weighted by atomic mass is 10.2. The number of anilines is 1. The number of amides is 1. The number of carbonyl (C=O) groups excluding carboxylic acids is 1. The van der Waals surface area contributed by atoms with Gasteiger partial charge in [-0.2, -0.15) is 0 Å². The van der Waals surface area contributed by atoms with Crippen LogP contribution in [0.1, 0.15) is 34.5 Å². The maximum Gasteiger partial charge on any atom is 0.255 e. The van der Waals surface area contributed by atoms with Crippen LogP contribution in [0.25, 0.3) is 11.0 Å². The van der Waals surface area contributed by atoms with Crippen molar-refractivity contribution < 1.29 is 14.6 Å². The smallest absolute Gasteiger partial charge is 0.255 e. The van der Waals surface area contributed by atoms with Crippen LogP contribution in [-0.4, -0.2) is 63.9 Å². The summed E-state index contributed by atoms with van der Waals surface area (Å²) in [5.41, 5.74) is 2.88. The fraction of sp³-hybridized carbons (Fsp3) is 0.429. The van der Waals surface area contributed by atoms with E-state index in [4.69, 9.17) is 4.74 Å². The Labute approximate surface area is 174 Å². The highest BCUT2D eigenvalue weighted by Gasteiger charge is 2.40. The average molecular weight is 410 g/mol. The molecule has 0 unspecified atom stereocenters. The van der Waals surface area contributed by atoms with Crippen molar-refractivity contribution in [2.75, 3.05) is 32.6 Å². The van der Waals surface area contributed by atoms with Crippen LogP contribution in [0.4, 0.5) is 5.82 Å². The van der Waals surface area contributed by atoms with Crippen LogP contribution in [0.15, 0.2) is 24.8 Å². The van der Waals surface area contributed by atoms with Crippen molar-refractivity contribution in [2.45, 2.75) is 31.9 Å². The Morgan fingerprint density at radius 1 is 1.33 bits per heavy atom. The first-order valence-electron chi connectivity index (χ1n) is 9.82. The van der Waals surface area contributed by atoms with Gasteiger partial charge in [0, 0.05) is 38.5 Å². The number of fused-ring (bicyclic) bond motifs is 1. The highest BCUT2D eigenvalue weighted by molar-refractivity contribution is 6.05. The van der Waals surface area contributed by atoms with E-state index in [0.29, 0.717) is 36.2 Å². The first kappa shape index (κ1) is 20.1. The van der Waals surface area contributed by atoms with Gasteiger partial charge in [-0.25, -0.2) is 15.0 Å². The molecule has 4 rings (SSSR count). The zero-order valence-corrected chi connectivity index (χ0v) is 17.6. The van der Waals surface area contributed by atoms with Crippen LogP contribution < -0.4 is 15.0 Å². The van der Waals surface area contributed by atoms with E-state index in [1.54, 1.807) is 25.8 Å². The van der Waals surface area contributed by atoms with Gasteiger partial charge in [0.25, 0.3) is 5.91 Å². The molecule has 9 heteroatoms. The summed E-state index contributed by atoms with van der Waals surface area (Å²) in [5, 5.41) is 12.9. The van der Waals surface area contributed by atoms with Gasteiger partial charge in [0.2, 0.25) is 0 Å². The molecule has 158 valence electrons. The molecule has 2 N–H and O–H groups in total.